The number of rotatable bonds is 4. The van der Waals surface area contributed by atoms with E-state index in [1.165, 1.54) is 19.5 Å². The molecule has 0 bridgehead atoms. The third kappa shape index (κ3) is 3.70. The standard InChI is InChI=1S/C15H29N3/c1-12(9-15(5,11-16)17-6)18-8-7-13(10-18)14(2,3)4/h12-13,17H,7-10H2,1-6H3. The number of likely N-dealkylation sites (tertiary alicyclic amines) is 1. The monoisotopic (exact) mass is 251 g/mol. The minimum absolute atomic E-state index is 0.399. The van der Waals surface area contributed by atoms with Gasteiger partial charge in [-0.3, -0.25) is 0 Å². The third-order valence-corrected chi connectivity index (χ3v) is 4.57. The maximum Gasteiger partial charge on any atom is 0.105 e. The fraction of sp³-hybridized carbons (Fsp3) is 0.933. The highest BCUT2D eigenvalue weighted by molar-refractivity contribution is 5.05. The molecule has 0 saturated carbocycles. The normalized spacial score (nSPS) is 26.6. The Bertz CT molecular complexity index is 313. The first-order valence-electron chi connectivity index (χ1n) is 7.06. The second-order valence-corrected chi connectivity index (χ2v) is 7.09. The zero-order chi connectivity index (χ0) is 14.0. The highest BCUT2D eigenvalue weighted by Crippen LogP contribution is 2.35. The lowest BCUT2D eigenvalue weighted by atomic mass is 9.80. The molecule has 0 spiro atoms. The van der Waals surface area contributed by atoms with Crippen molar-refractivity contribution in [2.24, 2.45) is 11.3 Å². The van der Waals surface area contributed by atoms with Crippen molar-refractivity contribution in [1.29, 1.82) is 5.26 Å². The zero-order valence-corrected chi connectivity index (χ0v) is 12.9. The van der Waals surface area contributed by atoms with E-state index in [0.717, 1.165) is 12.3 Å². The van der Waals surface area contributed by atoms with Crippen LogP contribution in [0, 0.1) is 22.7 Å². The molecular weight excluding hydrogens is 222 g/mol. The van der Waals surface area contributed by atoms with Crippen molar-refractivity contribution < 1.29 is 0 Å². The molecular formula is C15H29N3. The van der Waals surface area contributed by atoms with Crippen LogP contribution in [0.25, 0.3) is 0 Å². The predicted octanol–water partition coefficient (Wildman–Crippen LogP) is 2.63. The molecule has 1 heterocycles. The van der Waals surface area contributed by atoms with Crippen molar-refractivity contribution in [2.75, 3.05) is 20.1 Å². The maximum atomic E-state index is 9.23. The average Bonchev–Trinajstić information content (AvgIpc) is 2.77. The number of hydrogen-bond donors (Lipinski definition) is 1. The molecule has 1 aliphatic heterocycles. The highest BCUT2D eigenvalue weighted by Gasteiger charge is 2.35. The lowest BCUT2D eigenvalue weighted by Crippen LogP contribution is -2.45. The summed E-state index contributed by atoms with van der Waals surface area (Å²) in [5.74, 6) is 0.780. The van der Waals surface area contributed by atoms with Crippen LogP contribution in [0.15, 0.2) is 0 Å². The Morgan fingerprint density at radius 3 is 2.39 bits per heavy atom. The Kier molecular flexibility index (Phi) is 4.80. The smallest absolute Gasteiger partial charge is 0.105 e. The Morgan fingerprint density at radius 1 is 1.39 bits per heavy atom. The first-order valence-corrected chi connectivity index (χ1v) is 7.06. The fourth-order valence-electron chi connectivity index (χ4n) is 2.82. The number of nitrogens with one attached hydrogen (secondary N) is 1. The van der Waals surface area contributed by atoms with E-state index in [1.54, 1.807) is 0 Å². The lowest BCUT2D eigenvalue weighted by Gasteiger charge is -2.32. The van der Waals surface area contributed by atoms with E-state index in [-0.39, 0.29) is 0 Å². The Balaban J connectivity index is 2.56. The second-order valence-electron chi connectivity index (χ2n) is 7.09. The van der Waals surface area contributed by atoms with E-state index >= 15 is 0 Å². The van der Waals surface area contributed by atoms with Crippen molar-refractivity contribution >= 4 is 0 Å². The largest absolute Gasteiger partial charge is 0.303 e. The van der Waals surface area contributed by atoms with Gasteiger partial charge in [0.25, 0.3) is 0 Å². The van der Waals surface area contributed by atoms with Crippen LogP contribution in [-0.2, 0) is 0 Å². The molecule has 0 aliphatic carbocycles. The van der Waals surface area contributed by atoms with Crippen LogP contribution in [0.5, 0.6) is 0 Å². The average molecular weight is 251 g/mol. The molecule has 1 aliphatic rings. The summed E-state index contributed by atoms with van der Waals surface area (Å²) in [6.45, 7) is 13.6. The Morgan fingerprint density at radius 2 is 2.00 bits per heavy atom. The first kappa shape index (κ1) is 15.5. The third-order valence-electron chi connectivity index (χ3n) is 4.57. The molecule has 3 heteroatoms. The van der Waals surface area contributed by atoms with Gasteiger partial charge in [0, 0.05) is 12.6 Å². The van der Waals surface area contributed by atoms with Gasteiger partial charge in [0.15, 0.2) is 0 Å². The van der Waals surface area contributed by atoms with Gasteiger partial charge < -0.3 is 10.2 Å². The highest BCUT2D eigenvalue weighted by atomic mass is 15.2. The fourth-order valence-corrected chi connectivity index (χ4v) is 2.82. The minimum atomic E-state index is -0.404. The number of hydrogen-bond acceptors (Lipinski definition) is 3. The summed E-state index contributed by atoms with van der Waals surface area (Å²) in [4.78, 5) is 2.54. The Labute approximate surface area is 113 Å². The molecule has 1 rings (SSSR count). The van der Waals surface area contributed by atoms with Crippen LogP contribution in [0.3, 0.4) is 0 Å². The van der Waals surface area contributed by atoms with E-state index in [0.29, 0.717) is 11.5 Å². The number of nitrogens with zero attached hydrogens (tertiary/aromatic N) is 2. The molecule has 0 amide bonds. The summed E-state index contributed by atoms with van der Waals surface area (Å²) < 4.78 is 0. The molecule has 1 N–H and O–H groups in total. The van der Waals surface area contributed by atoms with Crippen LogP contribution >= 0.6 is 0 Å². The van der Waals surface area contributed by atoms with Crippen molar-refractivity contribution in [3.05, 3.63) is 0 Å². The van der Waals surface area contributed by atoms with Gasteiger partial charge in [0.1, 0.15) is 5.54 Å². The quantitative estimate of drug-likeness (QED) is 0.835. The summed E-state index contributed by atoms with van der Waals surface area (Å²) in [5.41, 5.74) is -0.00472. The molecule has 0 aromatic heterocycles. The summed E-state index contributed by atoms with van der Waals surface area (Å²) in [6.07, 6.45) is 2.17. The SMILES string of the molecule is CNC(C)(C#N)CC(C)N1CCC(C(C)(C)C)C1. The van der Waals surface area contributed by atoms with Gasteiger partial charge >= 0.3 is 0 Å². The van der Waals surface area contributed by atoms with Gasteiger partial charge in [-0.15, -0.1) is 0 Å². The maximum absolute atomic E-state index is 9.23. The summed E-state index contributed by atoms with van der Waals surface area (Å²) in [7, 11) is 1.87. The van der Waals surface area contributed by atoms with Crippen molar-refractivity contribution in [2.45, 2.75) is 59.0 Å². The number of nitriles is 1. The van der Waals surface area contributed by atoms with E-state index < -0.39 is 5.54 Å². The van der Waals surface area contributed by atoms with Gasteiger partial charge in [-0.05, 0) is 51.6 Å². The van der Waals surface area contributed by atoms with E-state index in [4.69, 9.17) is 0 Å². The Hall–Kier alpha value is -0.590. The topological polar surface area (TPSA) is 39.1 Å². The van der Waals surface area contributed by atoms with Crippen molar-refractivity contribution in [3.8, 4) is 6.07 Å². The molecule has 104 valence electrons. The van der Waals surface area contributed by atoms with Crippen LogP contribution < -0.4 is 5.32 Å². The van der Waals surface area contributed by atoms with E-state index in [1.807, 2.05) is 14.0 Å². The molecule has 0 radical (unpaired) electrons. The molecule has 3 unspecified atom stereocenters. The lowest BCUT2D eigenvalue weighted by molar-refractivity contribution is 0.182. The van der Waals surface area contributed by atoms with Gasteiger partial charge in [-0.2, -0.15) is 5.26 Å². The summed E-state index contributed by atoms with van der Waals surface area (Å²) in [5, 5.41) is 12.4. The molecule has 18 heavy (non-hydrogen) atoms. The van der Waals surface area contributed by atoms with Crippen LogP contribution in [-0.4, -0.2) is 36.6 Å². The molecule has 1 fully saturated rings. The molecule has 0 aromatic carbocycles. The van der Waals surface area contributed by atoms with Crippen LogP contribution in [0.4, 0.5) is 0 Å². The predicted molar refractivity (Wildman–Crippen MR) is 76.3 cm³/mol. The molecule has 1 saturated heterocycles. The summed E-state index contributed by atoms with van der Waals surface area (Å²) in [6, 6.07) is 2.85. The van der Waals surface area contributed by atoms with Gasteiger partial charge in [-0.25, -0.2) is 0 Å². The van der Waals surface area contributed by atoms with Gasteiger partial charge in [-0.1, -0.05) is 20.8 Å². The van der Waals surface area contributed by atoms with Gasteiger partial charge in [0.2, 0.25) is 0 Å². The van der Waals surface area contributed by atoms with Gasteiger partial charge in [0.05, 0.1) is 6.07 Å². The molecule has 0 aromatic rings. The van der Waals surface area contributed by atoms with Crippen molar-refractivity contribution in [1.82, 2.24) is 10.2 Å². The van der Waals surface area contributed by atoms with E-state index in [9.17, 15) is 5.26 Å². The molecule has 3 nitrogen and oxygen atoms in total. The summed E-state index contributed by atoms with van der Waals surface area (Å²) >= 11 is 0. The molecule has 3 atom stereocenters. The van der Waals surface area contributed by atoms with Crippen LogP contribution in [0.1, 0.15) is 47.5 Å². The second kappa shape index (κ2) is 5.59. The minimum Gasteiger partial charge on any atom is -0.303 e. The van der Waals surface area contributed by atoms with Crippen molar-refractivity contribution in [3.63, 3.8) is 0 Å². The first-order chi connectivity index (χ1) is 8.22. The zero-order valence-electron chi connectivity index (χ0n) is 12.9. The van der Waals surface area contributed by atoms with E-state index in [2.05, 4.69) is 44.0 Å². The van der Waals surface area contributed by atoms with Crippen LogP contribution in [0.2, 0.25) is 0 Å².